The van der Waals surface area contributed by atoms with Crippen LogP contribution in [0.4, 0.5) is 0 Å². The van der Waals surface area contributed by atoms with E-state index in [0.29, 0.717) is 6.04 Å². The van der Waals surface area contributed by atoms with Gasteiger partial charge < -0.3 is 9.73 Å². The van der Waals surface area contributed by atoms with Crippen LogP contribution in [0, 0.1) is 0 Å². The summed E-state index contributed by atoms with van der Waals surface area (Å²) in [4.78, 5) is 0. The van der Waals surface area contributed by atoms with E-state index in [4.69, 9.17) is 4.42 Å². The van der Waals surface area contributed by atoms with Crippen LogP contribution >= 0.6 is 0 Å². The smallest absolute Gasteiger partial charge is 0.0950 e. The van der Waals surface area contributed by atoms with Gasteiger partial charge in [-0.25, -0.2) is 0 Å². The van der Waals surface area contributed by atoms with Crippen molar-refractivity contribution in [2.75, 3.05) is 7.05 Å². The fourth-order valence-electron chi connectivity index (χ4n) is 1.24. The third-order valence-electron chi connectivity index (χ3n) is 1.95. The Hall–Kier alpha value is -1.02. The summed E-state index contributed by atoms with van der Waals surface area (Å²) in [5, 5.41) is 3.23. The molecule has 0 aliphatic heterocycles. The van der Waals surface area contributed by atoms with Crippen molar-refractivity contribution in [1.29, 1.82) is 0 Å². The Bertz CT molecular complexity index is 216. The molecule has 0 bridgehead atoms. The fourth-order valence-corrected chi connectivity index (χ4v) is 1.24. The first-order valence-corrected chi connectivity index (χ1v) is 4.18. The standard InChI is InChI=1S/C10H15NO/c1-3-4-5-10(11-2)9-6-7-12-8-9/h3,6-8,10-11H,1,4-5H2,2H3. The van der Waals surface area contributed by atoms with Crippen molar-refractivity contribution in [3.63, 3.8) is 0 Å². The Morgan fingerprint density at radius 1 is 1.75 bits per heavy atom. The lowest BCUT2D eigenvalue weighted by atomic mass is 10.1. The summed E-state index contributed by atoms with van der Waals surface area (Å²) in [6, 6.07) is 2.38. The lowest BCUT2D eigenvalue weighted by Crippen LogP contribution is -2.15. The van der Waals surface area contributed by atoms with Gasteiger partial charge in [0.05, 0.1) is 12.5 Å². The zero-order valence-electron chi connectivity index (χ0n) is 7.42. The topological polar surface area (TPSA) is 25.2 Å². The van der Waals surface area contributed by atoms with Crippen LogP contribution in [0.3, 0.4) is 0 Å². The molecule has 1 atom stereocenters. The van der Waals surface area contributed by atoms with E-state index in [1.54, 1.807) is 12.5 Å². The Morgan fingerprint density at radius 3 is 3.08 bits per heavy atom. The molecule has 0 fully saturated rings. The van der Waals surface area contributed by atoms with Crippen molar-refractivity contribution in [1.82, 2.24) is 5.32 Å². The van der Waals surface area contributed by atoms with Crippen LogP contribution in [0.25, 0.3) is 0 Å². The van der Waals surface area contributed by atoms with Gasteiger partial charge in [-0.2, -0.15) is 0 Å². The zero-order chi connectivity index (χ0) is 8.81. The maximum atomic E-state index is 5.01. The molecule has 0 amide bonds. The van der Waals surface area contributed by atoms with Gasteiger partial charge in [-0.3, -0.25) is 0 Å². The molecule has 0 saturated carbocycles. The summed E-state index contributed by atoms with van der Waals surface area (Å²) in [5.41, 5.74) is 1.21. The summed E-state index contributed by atoms with van der Waals surface area (Å²) in [6.45, 7) is 3.70. The van der Waals surface area contributed by atoms with Crippen molar-refractivity contribution >= 4 is 0 Å². The van der Waals surface area contributed by atoms with E-state index in [1.807, 2.05) is 19.2 Å². The number of hydrogen-bond donors (Lipinski definition) is 1. The predicted molar refractivity (Wildman–Crippen MR) is 49.9 cm³/mol. The van der Waals surface area contributed by atoms with Crippen LogP contribution in [0.2, 0.25) is 0 Å². The number of furan rings is 1. The minimum absolute atomic E-state index is 0.391. The monoisotopic (exact) mass is 165 g/mol. The Kier molecular flexibility index (Phi) is 3.61. The molecule has 0 aliphatic carbocycles. The Labute approximate surface area is 73.3 Å². The summed E-state index contributed by atoms with van der Waals surface area (Å²) < 4.78 is 5.01. The van der Waals surface area contributed by atoms with Gasteiger partial charge in [-0.05, 0) is 26.0 Å². The summed E-state index contributed by atoms with van der Waals surface area (Å²) >= 11 is 0. The number of rotatable bonds is 5. The molecule has 1 unspecified atom stereocenters. The van der Waals surface area contributed by atoms with Gasteiger partial charge in [0.1, 0.15) is 0 Å². The summed E-state index contributed by atoms with van der Waals surface area (Å²) in [6.07, 6.45) is 7.51. The number of hydrogen-bond acceptors (Lipinski definition) is 2. The highest BCUT2D eigenvalue weighted by atomic mass is 16.3. The second-order valence-corrected chi connectivity index (χ2v) is 2.76. The van der Waals surface area contributed by atoms with Crippen molar-refractivity contribution in [2.45, 2.75) is 18.9 Å². The van der Waals surface area contributed by atoms with Crippen molar-refractivity contribution in [3.8, 4) is 0 Å². The molecule has 2 nitrogen and oxygen atoms in total. The molecule has 1 N–H and O–H groups in total. The summed E-state index contributed by atoms with van der Waals surface area (Å²) in [7, 11) is 1.96. The second-order valence-electron chi connectivity index (χ2n) is 2.76. The van der Waals surface area contributed by atoms with Crippen LogP contribution in [0.15, 0.2) is 35.7 Å². The first-order valence-electron chi connectivity index (χ1n) is 4.18. The van der Waals surface area contributed by atoms with Crippen LogP contribution in [0.5, 0.6) is 0 Å². The zero-order valence-corrected chi connectivity index (χ0v) is 7.42. The van der Waals surface area contributed by atoms with Crippen LogP contribution in [-0.2, 0) is 0 Å². The molecule has 0 radical (unpaired) electrons. The Balaban J connectivity index is 2.51. The number of allylic oxidation sites excluding steroid dienone is 1. The Morgan fingerprint density at radius 2 is 2.58 bits per heavy atom. The van der Waals surface area contributed by atoms with Gasteiger partial charge >= 0.3 is 0 Å². The molecular formula is C10H15NO. The highest BCUT2D eigenvalue weighted by molar-refractivity contribution is 5.11. The van der Waals surface area contributed by atoms with Crippen molar-refractivity contribution < 1.29 is 4.42 Å². The van der Waals surface area contributed by atoms with Gasteiger partial charge in [-0.1, -0.05) is 6.08 Å². The number of nitrogens with one attached hydrogen (secondary N) is 1. The van der Waals surface area contributed by atoms with Crippen molar-refractivity contribution in [3.05, 3.63) is 36.8 Å². The van der Waals surface area contributed by atoms with Gasteiger partial charge in [0.25, 0.3) is 0 Å². The van der Waals surface area contributed by atoms with Gasteiger partial charge in [0, 0.05) is 11.6 Å². The highest BCUT2D eigenvalue weighted by Crippen LogP contribution is 2.18. The molecule has 66 valence electrons. The highest BCUT2D eigenvalue weighted by Gasteiger charge is 2.08. The second kappa shape index (κ2) is 4.78. The minimum atomic E-state index is 0.391. The first kappa shape index (κ1) is 9.07. The molecule has 0 aromatic carbocycles. The largest absolute Gasteiger partial charge is 0.472 e. The molecule has 1 aromatic rings. The molecule has 0 aliphatic rings. The molecule has 0 saturated heterocycles. The lowest BCUT2D eigenvalue weighted by Gasteiger charge is -2.12. The third kappa shape index (κ3) is 2.24. The molecular weight excluding hydrogens is 150 g/mol. The quantitative estimate of drug-likeness (QED) is 0.678. The van der Waals surface area contributed by atoms with Crippen LogP contribution in [0.1, 0.15) is 24.4 Å². The third-order valence-corrected chi connectivity index (χ3v) is 1.95. The van der Waals surface area contributed by atoms with Gasteiger partial charge in [0.15, 0.2) is 0 Å². The van der Waals surface area contributed by atoms with Crippen LogP contribution in [-0.4, -0.2) is 7.05 Å². The van der Waals surface area contributed by atoms with E-state index in [0.717, 1.165) is 12.8 Å². The van der Waals surface area contributed by atoms with E-state index in [2.05, 4.69) is 11.9 Å². The summed E-state index contributed by atoms with van der Waals surface area (Å²) in [5.74, 6) is 0. The van der Waals surface area contributed by atoms with E-state index in [9.17, 15) is 0 Å². The average Bonchev–Trinajstić information content (AvgIpc) is 2.59. The average molecular weight is 165 g/mol. The first-order chi connectivity index (χ1) is 5.88. The van der Waals surface area contributed by atoms with Gasteiger partial charge in [-0.15, -0.1) is 6.58 Å². The lowest BCUT2D eigenvalue weighted by molar-refractivity contribution is 0.527. The van der Waals surface area contributed by atoms with Crippen LogP contribution < -0.4 is 5.32 Å². The maximum absolute atomic E-state index is 5.01. The van der Waals surface area contributed by atoms with Gasteiger partial charge in [0.2, 0.25) is 0 Å². The van der Waals surface area contributed by atoms with Crippen molar-refractivity contribution in [2.24, 2.45) is 0 Å². The predicted octanol–water partition coefficient (Wildman–Crippen LogP) is 2.51. The van der Waals surface area contributed by atoms with E-state index in [1.165, 1.54) is 5.56 Å². The fraction of sp³-hybridized carbons (Fsp3) is 0.400. The molecule has 1 rings (SSSR count). The SMILES string of the molecule is C=CCCC(NC)c1ccoc1. The molecule has 1 aromatic heterocycles. The molecule has 12 heavy (non-hydrogen) atoms. The molecule has 2 heteroatoms. The van der Waals surface area contributed by atoms with E-state index >= 15 is 0 Å². The molecule has 0 spiro atoms. The minimum Gasteiger partial charge on any atom is -0.472 e. The maximum Gasteiger partial charge on any atom is 0.0950 e. The molecule has 1 heterocycles. The normalized spacial score (nSPS) is 12.8. The van der Waals surface area contributed by atoms with E-state index in [-0.39, 0.29) is 0 Å². The van der Waals surface area contributed by atoms with E-state index < -0.39 is 0 Å².